The highest BCUT2D eigenvalue weighted by atomic mass is 32.2. The lowest BCUT2D eigenvalue weighted by Crippen LogP contribution is -2.52. The summed E-state index contributed by atoms with van der Waals surface area (Å²) in [6, 6.07) is 13.6. The Bertz CT molecular complexity index is 2920. The maximum atomic E-state index is 15.8. The summed E-state index contributed by atoms with van der Waals surface area (Å²) in [6.07, 6.45) is 3.77. The minimum absolute atomic E-state index is 0.00387. The number of H-pyrrole nitrogens is 1. The quantitative estimate of drug-likeness (QED) is 0.0888. The summed E-state index contributed by atoms with van der Waals surface area (Å²) in [6.45, 7) is 5.39. The van der Waals surface area contributed by atoms with Gasteiger partial charge in [0.15, 0.2) is 5.82 Å². The van der Waals surface area contributed by atoms with Gasteiger partial charge in [-0.25, -0.2) is 22.5 Å². The van der Waals surface area contributed by atoms with E-state index in [-0.39, 0.29) is 49.4 Å². The van der Waals surface area contributed by atoms with Crippen molar-refractivity contribution in [1.29, 1.82) is 0 Å². The van der Waals surface area contributed by atoms with Crippen LogP contribution in [0.3, 0.4) is 0 Å². The van der Waals surface area contributed by atoms with E-state index >= 15 is 13.2 Å². The highest BCUT2D eigenvalue weighted by Crippen LogP contribution is 2.36. The van der Waals surface area contributed by atoms with Gasteiger partial charge >= 0.3 is 10.2 Å². The molecule has 7 heterocycles. The van der Waals surface area contributed by atoms with Gasteiger partial charge in [-0.2, -0.15) is 12.7 Å². The van der Waals surface area contributed by atoms with Gasteiger partial charge in [0.2, 0.25) is 17.6 Å². The molecule has 0 unspecified atom stereocenters. The fourth-order valence-electron chi connectivity index (χ4n) is 10.0. The van der Waals surface area contributed by atoms with Crippen LogP contribution in [-0.2, 0) is 26.3 Å². The number of nitrogens with zero attached hydrogens (tertiary/aromatic N) is 6. The van der Waals surface area contributed by atoms with E-state index in [2.05, 4.69) is 25.1 Å². The number of carbonyl (C=O) groups excluding carboxylic acids is 4. The van der Waals surface area contributed by atoms with Crippen LogP contribution in [0.2, 0.25) is 0 Å². The fraction of sp³-hybridized carbons (Fsp3) is 0.383. The molecule has 0 aliphatic carbocycles. The molecule has 2 aromatic heterocycles. The zero-order valence-electron chi connectivity index (χ0n) is 36.2. The zero-order valence-corrected chi connectivity index (χ0v) is 37.1. The minimum atomic E-state index is -4.37. The van der Waals surface area contributed by atoms with E-state index in [1.54, 1.807) is 18.3 Å². The lowest BCUT2D eigenvalue weighted by Gasteiger charge is -2.40. The van der Waals surface area contributed by atoms with Gasteiger partial charge in [0.1, 0.15) is 29.5 Å². The first kappa shape index (κ1) is 44.5. The standard InChI is InChI=1S/C47H47F4N9O6S/c48-31-11-14-59(26-31)67(65,66)55-38-6-5-36(49)42(43(38)51)44(62)35-23-53-45-34(35)19-29(22-52-45)28-1-3-32(4-2-28)57-17-15-56(16-18-57)24-27-9-12-58(13-10-27)40-20-30-25-60(47(64)33(30)21-37(40)50)39-7-8-41(61)54-46(39)63/h1-6,19-23,27,31,39,55H,7-18,24-26H2,(H,52,53)(H,54,61,63)/t31-,39-/m1/s1. The molecule has 0 radical (unpaired) electrons. The molecule has 3 amide bonds. The average molecular weight is 942 g/mol. The van der Waals surface area contributed by atoms with E-state index in [4.69, 9.17) is 0 Å². The van der Waals surface area contributed by atoms with Crippen LogP contribution in [0, 0.1) is 23.4 Å². The summed E-state index contributed by atoms with van der Waals surface area (Å²) in [5, 5.41) is 2.62. The molecule has 10 rings (SSSR count). The Morgan fingerprint density at radius 2 is 1.60 bits per heavy atom. The molecule has 2 atom stereocenters. The lowest BCUT2D eigenvalue weighted by atomic mass is 9.95. The predicted molar refractivity (Wildman–Crippen MR) is 241 cm³/mol. The molecule has 67 heavy (non-hydrogen) atoms. The molecular weight excluding hydrogens is 895 g/mol. The first-order valence-electron chi connectivity index (χ1n) is 22.4. The first-order chi connectivity index (χ1) is 32.2. The number of benzene rings is 3. The molecule has 3 aromatic carbocycles. The van der Waals surface area contributed by atoms with Crippen molar-refractivity contribution in [3.8, 4) is 11.1 Å². The Kier molecular flexibility index (Phi) is 11.7. The number of amides is 3. The van der Waals surface area contributed by atoms with Crippen LogP contribution >= 0.6 is 0 Å². The van der Waals surface area contributed by atoms with Crippen molar-refractivity contribution in [1.82, 2.24) is 29.4 Å². The second-order valence-corrected chi connectivity index (χ2v) is 19.6. The molecule has 3 N–H and O–H groups in total. The topological polar surface area (TPSA) is 171 Å². The Hall–Kier alpha value is -6.38. The monoisotopic (exact) mass is 941 g/mol. The second-order valence-electron chi connectivity index (χ2n) is 17.9. The highest BCUT2D eigenvalue weighted by Gasteiger charge is 2.40. The van der Waals surface area contributed by atoms with E-state index in [0.717, 1.165) is 73.3 Å². The number of piperidine rings is 2. The highest BCUT2D eigenvalue weighted by molar-refractivity contribution is 7.90. The molecule has 5 aliphatic rings. The maximum absolute atomic E-state index is 15.8. The number of piperazine rings is 1. The molecule has 0 saturated carbocycles. The fourth-order valence-corrected chi connectivity index (χ4v) is 11.3. The summed E-state index contributed by atoms with van der Waals surface area (Å²) in [7, 11) is -4.37. The number of ketones is 1. The number of aromatic nitrogens is 2. The van der Waals surface area contributed by atoms with Crippen molar-refractivity contribution in [3.05, 3.63) is 107 Å². The third-order valence-electron chi connectivity index (χ3n) is 13.8. The predicted octanol–water partition coefficient (Wildman–Crippen LogP) is 5.38. The summed E-state index contributed by atoms with van der Waals surface area (Å²) in [5.41, 5.74) is 2.58. The van der Waals surface area contributed by atoms with Crippen LogP contribution < -0.4 is 19.8 Å². The van der Waals surface area contributed by atoms with Gasteiger partial charge in [-0.1, -0.05) is 12.1 Å². The van der Waals surface area contributed by atoms with Gasteiger partial charge in [-0.15, -0.1) is 0 Å². The average Bonchev–Trinajstić information content (AvgIpc) is 4.04. The number of pyridine rings is 1. The molecule has 4 saturated heterocycles. The van der Waals surface area contributed by atoms with Crippen molar-refractivity contribution in [3.63, 3.8) is 0 Å². The second kappa shape index (κ2) is 17.7. The number of carbonyl (C=O) groups is 4. The third-order valence-corrected chi connectivity index (χ3v) is 15.3. The van der Waals surface area contributed by atoms with E-state index in [9.17, 15) is 32.0 Å². The van der Waals surface area contributed by atoms with Crippen LogP contribution in [0.1, 0.15) is 63.9 Å². The molecule has 5 aromatic rings. The van der Waals surface area contributed by atoms with E-state index in [1.165, 1.54) is 17.2 Å². The number of halogens is 4. The van der Waals surface area contributed by atoms with Crippen LogP contribution in [0.15, 0.2) is 67.0 Å². The van der Waals surface area contributed by atoms with Crippen molar-refractivity contribution < 1.29 is 45.2 Å². The van der Waals surface area contributed by atoms with E-state index in [0.29, 0.717) is 46.9 Å². The third kappa shape index (κ3) is 8.61. The summed E-state index contributed by atoms with van der Waals surface area (Å²) < 4.78 is 88.6. The number of rotatable bonds is 11. The number of fused-ring (bicyclic) bond motifs is 2. The number of alkyl halides is 1. The Morgan fingerprint density at radius 3 is 2.31 bits per heavy atom. The first-order valence-corrected chi connectivity index (χ1v) is 23.9. The number of hydrogen-bond donors (Lipinski definition) is 3. The van der Waals surface area contributed by atoms with Gasteiger partial charge in [0.25, 0.3) is 5.91 Å². The number of imide groups is 1. The van der Waals surface area contributed by atoms with Crippen molar-refractivity contribution in [2.24, 2.45) is 5.92 Å². The minimum Gasteiger partial charge on any atom is -0.369 e. The Morgan fingerprint density at radius 1 is 0.836 bits per heavy atom. The number of hydrogen-bond acceptors (Lipinski definition) is 10. The molecule has 0 bridgehead atoms. The van der Waals surface area contributed by atoms with Gasteiger partial charge in [-0.05, 0) is 85.2 Å². The van der Waals surface area contributed by atoms with Gasteiger partial charge < -0.3 is 19.7 Å². The largest absolute Gasteiger partial charge is 0.369 e. The van der Waals surface area contributed by atoms with Crippen LogP contribution in [0.4, 0.5) is 34.6 Å². The van der Waals surface area contributed by atoms with Crippen LogP contribution in [0.25, 0.3) is 22.2 Å². The van der Waals surface area contributed by atoms with Gasteiger partial charge in [0, 0.05) is 112 Å². The van der Waals surface area contributed by atoms with Gasteiger partial charge in [-0.3, -0.25) is 34.1 Å². The summed E-state index contributed by atoms with van der Waals surface area (Å²) >= 11 is 0. The van der Waals surface area contributed by atoms with Crippen LogP contribution in [-0.4, -0.2) is 127 Å². The number of nitrogens with one attached hydrogen (secondary N) is 3. The SMILES string of the molecule is O=C1CC[C@@H](N2Cc3cc(N4CCC(CN5CCN(c6ccc(-c7cnc8[nH]cc(C(=O)c9c(F)ccc(NS(=O)(=O)N%10CC[C@@H](F)C%10)c9F)c8c7)cc6)CC5)CC4)c(F)cc3C2=O)C(=O)N1. The maximum Gasteiger partial charge on any atom is 0.301 e. The summed E-state index contributed by atoms with van der Waals surface area (Å²) in [4.78, 5) is 66.6. The Balaban J connectivity index is 0.735. The molecule has 20 heteroatoms. The van der Waals surface area contributed by atoms with Crippen molar-refractivity contribution >= 4 is 61.8 Å². The normalized spacial score (nSPS) is 21.1. The molecule has 5 aliphatic heterocycles. The molecule has 0 spiro atoms. The van der Waals surface area contributed by atoms with Crippen molar-refractivity contribution in [2.75, 3.05) is 73.4 Å². The zero-order chi connectivity index (χ0) is 46.7. The molecular formula is C47H47F4N9O6S. The molecule has 4 fully saturated rings. The Labute approximate surface area is 383 Å². The number of aromatic amines is 1. The lowest BCUT2D eigenvalue weighted by molar-refractivity contribution is -0.136. The summed E-state index contributed by atoms with van der Waals surface area (Å²) in [5.74, 6) is -4.85. The van der Waals surface area contributed by atoms with Gasteiger partial charge in [0.05, 0.1) is 16.9 Å². The molecule has 350 valence electrons. The molecule has 15 nitrogen and oxygen atoms in total. The van der Waals surface area contributed by atoms with E-state index < -0.39 is 75.3 Å². The van der Waals surface area contributed by atoms with Crippen LogP contribution in [0.5, 0.6) is 0 Å². The van der Waals surface area contributed by atoms with Crippen molar-refractivity contribution in [2.45, 2.75) is 50.9 Å². The van der Waals surface area contributed by atoms with E-state index in [1.807, 2.05) is 33.9 Å². The number of anilines is 3. The smallest absolute Gasteiger partial charge is 0.301 e.